The summed E-state index contributed by atoms with van der Waals surface area (Å²) in [6.45, 7) is 1.42. The van der Waals surface area contributed by atoms with Gasteiger partial charge < -0.3 is 0 Å². The van der Waals surface area contributed by atoms with Crippen LogP contribution in [0.2, 0.25) is 0 Å². The summed E-state index contributed by atoms with van der Waals surface area (Å²) in [6, 6.07) is 0. The molecule has 2 nitrogen and oxygen atoms in total. The van der Waals surface area contributed by atoms with Gasteiger partial charge in [-0.3, -0.25) is 9.59 Å². The van der Waals surface area contributed by atoms with E-state index in [1.807, 2.05) is 0 Å². The van der Waals surface area contributed by atoms with Crippen molar-refractivity contribution in [2.75, 3.05) is 0 Å². The van der Waals surface area contributed by atoms with Gasteiger partial charge in [-0.2, -0.15) is 0 Å². The van der Waals surface area contributed by atoms with E-state index in [2.05, 4.69) is 5.92 Å². The van der Waals surface area contributed by atoms with Gasteiger partial charge in [0.1, 0.15) is 11.6 Å². The molecule has 0 aromatic rings. The molecule has 11 heavy (non-hydrogen) atoms. The minimum Gasteiger partial charge on any atom is -0.300 e. The number of hydrogen-bond acceptors (Lipinski definition) is 2. The molecule has 0 heterocycles. The Morgan fingerprint density at radius 1 is 1.45 bits per heavy atom. The fourth-order valence-electron chi connectivity index (χ4n) is 0.754. The van der Waals surface area contributed by atoms with Crippen LogP contribution in [0.4, 0.5) is 0 Å². The third-order valence-corrected chi connectivity index (χ3v) is 1.22. The molecule has 0 radical (unpaired) electrons. The van der Waals surface area contributed by atoms with Gasteiger partial charge in [-0.25, -0.2) is 0 Å². The van der Waals surface area contributed by atoms with Crippen molar-refractivity contribution in [3.63, 3.8) is 0 Å². The zero-order valence-electron chi connectivity index (χ0n) is 6.72. The van der Waals surface area contributed by atoms with Crippen LogP contribution in [0.5, 0.6) is 0 Å². The van der Waals surface area contributed by atoms with E-state index in [4.69, 9.17) is 6.42 Å². The molecule has 0 fully saturated rings. The van der Waals surface area contributed by atoms with E-state index in [-0.39, 0.29) is 18.0 Å². The maximum Gasteiger partial charge on any atom is 0.140 e. The van der Waals surface area contributed by atoms with E-state index in [0.717, 1.165) is 0 Å². The Balaban J connectivity index is 3.39. The maximum atomic E-state index is 10.8. The summed E-state index contributed by atoms with van der Waals surface area (Å²) >= 11 is 0. The molecule has 0 amide bonds. The summed E-state index contributed by atoms with van der Waals surface area (Å²) in [5.74, 6) is 2.36. The van der Waals surface area contributed by atoms with Gasteiger partial charge in [-0.05, 0) is 13.3 Å². The maximum absolute atomic E-state index is 10.8. The third kappa shape index (κ3) is 6.79. The molecular weight excluding hydrogens is 140 g/mol. The average Bonchev–Trinajstić information content (AvgIpc) is 1.86. The number of unbranched alkanes of at least 4 members (excludes halogenated alkanes) is 1. The standard InChI is InChI=1S/C9H12O2/c1-3-4-5-6-9(11)7-8(2)10/h1H,4-7H2,2H3. The SMILES string of the molecule is C#CCCCC(=O)CC(C)=O. The molecule has 0 rings (SSSR count). The van der Waals surface area contributed by atoms with Gasteiger partial charge in [-0.1, -0.05) is 0 Å². The number of Topliss-reactive ketones (excluding diaryl/α,β-unsaturated/α-hetero) is 2. The quantitative estimate of drug-likeness (QED) is 0.338. The Bertz CT molecular complexity index is 186. The Hall–Kier alpha value is -1.10. The highest BCUT2D eigenvalue weighted by Crippen LogP contribution is 1.98. The third-order valence-electron chi connectivity index (χ3n) is 1.22. The minimum atomic E-state index is -0.0734. The van der Waals surface area contributed by atoms with E-state index in [9.17, 15) is 9.59 Å². The summed E-state index contributed by atoms with van der Waals surface area (Å²) in [6.07, 6.45) is 6.79. The summed E-state index contributed by atoms with van der Waals surface area (Å²) in [7, 11) is 0. The predicted molar refractivity (Wildman–Crippen MR) is 43.0 cm³/mol. The first-order valence-corrected chi connectivity index (χ1v) is 3.61. The highest BCUT2D eigenvalue weighted by molar-refractivity contribution is 5.97. The molecule has 0 N–H and O–H groups in total. The van der Waals surface area contributed by atoms with E-state index >= 15 is 0 Å². The molecule has 0 spiro atoms. The second-order valence-electron chi connectivity index (χ2n) is 2.48. The highest BCUT2D eigenvalue weighted by Gasteiger charge is 2.03. The molecule has 0 saturated carbocycles. The Morgan fingerprint density at radius 3 is 2.55 bits per heavy atom. The van der Waals surface area contributed by atoms with Crippen LogP contribution in [0.1, 0.15) is 32.6 Å². The second kappa shape index (κ2) is 5.67. The van der Waals surface area contributed by atoms with Crippen molar-refractivity contribution in [2.24, 2.45) is 0 Å². The van der Waals surface area contributed by atoms with E-state index < -0.39 is 0 Å². The molecule has 0 aliphatic heterocycles. The fraction of sp³-hybridized carbons (Fsp3) is 0.556. The summed E-state index contributed by atoms with van der Waals surface area (Å²) < 4.78 is 0. The zero-order chi connectivity index (χ0) is 8.69. The van der Waals surface area contributed by atoms with Crippen molar-refractivity contribution in [2.45, 2.75) is 32.6 Å². The lowest BCUT2D eigenvalue weighted by Crippen LogP contribution is -2.03. The number of hydrogen-bond donors (Lipinski definition) is 0. The van der Waals surface area contributed by atoms with Crippen LogP contribution in [-0.4, -0.2) is 11.6 Å². The van der Waals surface area contributed by atoms with Gasteiger partial charge in [0.15, 0.2) is 0 Å². The van der Waals surface area contributed by atoms with Crippen molar-refractivity contribution in [3.8, 4) is 12.3 Å². The largest absolute Gasteiger partial charge is 0.300 e. The number of rotatable bonds is 5. The van der Waals surface area contributed by atoms with Crippen LogP contribution in [0.25, 0.3) is 0 Å². The van der Waals surface area contributed by atoms with Crippen LogP contribution >= 0.6 is 0 Å². The van der Waals surface area contributed by atoms with E-state index in [1.165, 1.54) is 6.92 Å². The molecule has 0 aliphatic rings. The monoisotopic (exact) mass is 152 g/mol. The molecule has 0 aliphatic carbocycles. The Labute approximate surface area is 67.0 Å². The van der Waals surface area contributed by atoms with Crippen molar-refractivity contribution < 1.29 is 9.59 Å². The first-order valence-electron chi connectivity index (χ1n) is 3.61. The number of carbonyl (C=O) groups excluding carboxylic acids is 2. The molecular formula is C9H12O2. The Kier molecular flexibility index (Phi) is 5.10. The summed E-state index contributed by atoms with van der Waals surface area (Å²) in [5, 5.41) is 0. The van der Waals surface area contributed by atoms with Crippen LogP contribution in [0.15, 0.2) is 0 Å². The first-order chi connectivity index (χ1) is 5.16. The molecule has 0 atom stereocenters. The topological polar surface area (TPSA) is 34.1 Å². The predicted octanol–water partition coefficient (Wildman–Crippen LogP) is 1.34. The van der Waals surface area contributed by atoms with E-state index in [1.54, 1.807) is 0 Å². The zero-order valence-corrected chi connectivity index (χ0v) is 6.72. The van der Waals surface area contributed by atoms with Gasteiger partial charge in [-0.15, -0.1) is 12.3 Å². The summed E-state index contributed by atoms with van der Waals surface area (Å²) in [5.41, 5.74) is 0. The van der Waals surface area contributed by atoms with Crippen LogP contribution in [0, 0.1) is 12.3 Å². The van der Waals surface area contributed by atoms with Crippen molar-refractivity contribution in [1.82, 2.24) is 0 Å². The number of ketones is 2. The molecule has 60 valence electrons. The van der Waals surface area contributed by atoms with Gasteiger partial charge in [0.2, 0.25) is 0 Å². The first kappa shape index (κ1) is 9.90. The van der Waals surface area contributed by atoms with Gasteiger partial charge in [0.05, 0.1) is 6.42 Å². The molecule has 0 aromatic heterocycles. The van der Waals surface area contributed by atoms with Crippen molar-refractivity contribution in [3.05, 3.63) is 0 Å². The average molecular weight is 152 g/mol. The number of carbonyl (C=O) groups is 2. The lowest BCUT2D eigenvalue weighted by Gasteiger charge is -1.93. The van der Waals surface area contributed by atoms with Crippen LogP contribution in [0.3, 0.4) is 0 Å². The summed E-state index contributed by atoms with van der Waals surface area (Å²) in [4.78, 5) is 21.3. The smallest absolute Gasteiger partial charge is 0.140 e. The van der Waals surface area contributed by atoms with Crippen molar-refractivity contribution in [1.29, 1.82) is 0 Å². The molecule has 0 bridgehead atoms. The normalized spacial score (nSPS) is 8.73. The minimum absolute atomic E-state index is 0.00671. The van der Waals surface area contributed by atoms with Crippen molar-refractivity contribution >= 4 is 11.6 Å². The van der Waals surface area contributed by atoms with Crippen LogP contribution in [-0.2, 0) is 9.59 Å². The molecule has 2 heteroatoms. The van der Waals surface area contributed by atoms with Gasteiger partial charge in [0, 0.05) is 12.8 Å². The van der Waals surface area contributed by atoms with Crippen LogP contribution < -0.4 is 0 Å². The Morgan fingerprint density at radius 2 is 2.09 bits per heavy atom. The lowest BCUT2D eigenvalue weighted by atomic mass is 10.1. The lowest BCUT2D eigenvalue weighted by molar-refractivity contribution is -0.125. The number of terminal acetylenes is 1. The molecule has 0 unspecified atom stereocenters. The highest BCUT2D eigenvalue weighted by atomic mass is 16.1. The van der Waals surface area contributed by atoms with Gasteiger partial charge >= 0.3 is 0 Å². The van der Waals surface area contributed by atoms with E-state index in [0.29, 0.717) is 19.3 Å². The second-order valence-corrected chi connectivity index (χ2v) is 2.48. The molecule has 0 aromatic carbocycles. The fourth-order valence-corrected chi connectivity index (χ4v) is 0.754. The molecule has 0 saturated heterocycles. The van der Waals surface area contributed by atoms with Gasteiger partial charge in [0.25, 0.3) is 0 Å².